The van der Waals surface area contributed by atoms with Crippen molar-refractivity contribution in [3.63, 3.8) is 0 Å². The second-order valence-corrected chi connectivity index (χ2v) is 5.26. The average molecular weight is 260 g/mol. The Labute approximate surface area is 105 Å². The fourth-order valence-corrected chi connectivity index (χ4v) is 2.45. The van der Waals surface area contributed by atoms with Crippen LogP contribution in [0.15, 0.2) is 0 Å². The zero-order valence-corrected chi connectivity index (χ0v) is 10.4. The molecule has 2 fully saturated rings. The quantitative estimate of drug-likeness (QED) is 0.810. The topological polar surface area (TPSA) is 49.4 Å². The molecule has 2 amide bonds. The summed E-state index contributed by atoms with van der Waals surface area (Å²) in [5, 5.41) is 2.82. The van der Waals surface area contributed by atoms with E-state index in [-0.39, 0.29) is 49.5 Å². The number of hydrogen-bond acceptors (Lipinski definition) is 2. The molecule has 0 unspecified atom stereocenters. The van der Waals surface area contributed by atoms with Crippen LogP contribution in [0.5, 0.6) is 0 Å². The van der Waals surface area contributed by atoms with Crippen LogP contribution in [0, 0.1) is 5.92 Å². The van der Waals surface area contributed by atoms with Gasteiger partial charge < -0.3 is 10.2 Å². The predicted octanol–water partition coefficient (Wildman–Crippen LogP) is 1.16. The van der Waals surface area contributed by atoms with Gasteiger partial charge in [-0.25, -0.2) is 8.78 Å². The molecule has 2 rings (SSSR count). The largest absolute Gasteiger partial charge is 0.350 e. The molecule has 1 saturated carbocycles. The Kier molecular flexibility index (Phi) is 3.54. The second-order valence-electron chi connectivity index (χ2n) is 5.26. The summed E-state index contributed by atoms with van der Waals surface area (Å²) in [6.45, 7) is 2.55. The third-order valence-electron chi connectivity index (χ3n) is 3.76. The van der Waals surface area contributed by atoms with Gasteiger partial charge >= 0.3 is 0 Å². The fourth-order valence-electron chi connectivity index (χ4n) is 2.45. The maximum absolute atomic E-state index is 12.9. The first-order chi connectivity index (χ1) is 8.37. The molecule has 0 atom stereocenters. The van der Waals surface area contributed by atoms with E-state index in [1.165, 1.54) is 6.92 Å². The van der Waals surface area contributed by atoms with Crippen molar-refractivity contribution in [1.29, 1.82) is 0 Å². The van der Waals surface area contributed by atoms with Crippen LogP contribution in [-0.2, 0) is 9.59 Å². The van der Waals surface area contributed by atoms with E-state index in [1.54, 1.807) is 4.90 Å². The molecule has 0 aromatic heterocycles. The summed E-state index contributed by atoms with van der Waals surface area (Å²) in [6.07, 6.45) is 0.106. The van der Waals surface area contributed by atoms with E-state index in [0.29, 0.717) is 13.1 Å². The maximum Gasteiger partial charge on any atom is 0.248 e. The van der Waals surface area contributed by atoms with E-state index in [2.05, 4.69) is 5.32 Å². The van der Waals surface area contributed by atoms with Gasteiger partial charge in [0.1, 0.15) is 0 Å². The van der Waals surface area contributed by atoms with Crippen LogP contribution in [0.4, 0.5) is 8.78 Å². The van der Waals surface area contributed by atoms with Gasteiger partial charge in [-0.2, -0.15) is 0 Å². The Morgan fingerprint density at radius 1 is 1.22 bits per heavy atom. The minimum absolute atomic E-state index is 0.00203. The van der Waals surface area contributed by atoms with Crippen molar-refractivity contribution in [2.75, 3.05) is 13.1 Å². The number of hydrogen-bond donors (Lipinski definition) is 1. The van der Waals surface area contributed by atoms with E-state index in [9.17, 15) is 18.4 Å². The number of alkyl halides is 2. The molecule has 18 heavy (non-hydrogen) atoms. The molecule has 0 radical (unpaired) electrons. The second kappa shape index (κ2) is 4.82. The third-order valence-corrected chi connectivity index (χ3v) is 3.76. The van der Waals surface area contributed by atoms with Gasteiger partial charge in [0.15, 0.2) is 0 Å². The lowest BCUT2D eigenvalue weighted by Crippen LogP contribution is -2.61. The van der Waals surface area contributed by atoms with Crippen LogP contribution in [0.1, 0.15) is 32.6 Å². The van der Waals surface area contributed by atoms with E-state index in [4.69, 9.17) is 0 Å². The van der Waals surface area contributed by atoms with Crippen LogP contribution in [0.3, 0.4) is 0 Å². The van der Waals surface area contributed by atoms with Crippen molar-refractivity contribution < 1.29 is 18.4 Å². The van der Waals surface area contributed by atoms with Gasteiger partial charge in [0.25, 0.3) is 0 Å². The molecule has 1 N–H and O–H groups in total. The molecular weight excluding hydrogens is 242 g/mol. The molecule has 0 bridgehead atoms. The Bertz CT molecular complexity index is 344. The van der Waals surface area contributed by atoms with Gasteiger partial charge in [0.05, 0.1) is 6.04 Å². The molecule has 1 saturated heterocycles. The van der Waals surface area contributed by atoms with Gasteiger partial charge in [0, 0.05) is 38.8 Å². The minimum atomic E-state index is -2.60. The van der Waals surface area contributed by atoms with Crippen LogP contribution in [0.2, 0.25) is 0 Å². The van der Waals surface area contributed by atoms with Gasteiger partial charge in [-0.05, 0) is 12.8 Å². The van der Waals surface area contributed by atoms with E-state index >= 15 is 0 Å². The fraction of sp³-hybridized carbons (Fsp3) is 0.833. The Hall–Kier alpha value is -1.20. The lowest BCUT2D eigenvalue weighted by molar-refractivity contribution is -0.138. The molecule has 0 aromatic carbocycles. The van der Waals surface area contributed by atoms with E-state index in [0.717, 1.165) is 0 Å². The molecular formula is C12H18F2N2O2. The summed E-state index contributed by atoms with van der Waals surface area (Å²) in [4.78, 5) is 24.4. The number of amides is 2. The summed E-state index contributed by atoms with van der Waals surface area (Å²) in [5.41, 5.74) is 0. The summed E-state index contributed by atoms with van der Waals surface area (Å²) in [7, 11) is 0. The number of carbonyl (C=O) groups is 2. The monoisotopic (exact) mass is 260 g/mol. The van der Waals surface area contributed by atoms with Crippen molar-refractivity contribution >= 4 is 11.8 Å². The summed E-state index contributed by atoms with van der Waals surface area (Å²) < 4.78 is 25.9. The zero-order chi connectivity index (χ0) is 13.3. The van der Waals surface area contributed by atoms with Gasteiger partial charge in [-0.1, -0.05) is 0 Å². The minimum Gasteiger partial charge on any atom is -0.350 e. The highest BCUT2D eigenvalue weighted by Gasteiger charge is 2.38. The van der Waals surface area contributed by atoms with Crippen molar-refractivity contribution in [3.05, 3.63) is 0 Å². The van der Waals surface area contributed by atoms with Gasteiger partial charge in [-0.15, -0.1) is 0 Å². The molecule has 1 aliphatic carbocycles. The summed E-state index contributed by atoms with van der Waals surface area (Å²) in [6, 6.07) is -0.0103. The number of rotatable bonds is 2. The van der Waals surface area contributed by atoms with Crippen molar-refractivity contribution in [3.8, 4) is 0 Å². The van der Waals surface area contributed by atoms with Crippen molar-refractivity contribution in [2.45, 2.75) is 44.6 Å². The molecule has 102 valence electrons. The smallest absolute Gasteiger partial charge is 0.248 e. The third kappa shape index (κ3) is 2.97. The van der Waals surface area contributed by atoms with Gasteiger partial charge in [-0.3, -0.25) is 9.59 Å². The van der Waals surface area contributed by atoms with Crippen LogP contribution >= 0.6 is 0 Å². The Morgan fingerprint density at radius 2 is 1.78 bits per heavy atom. The first kappa shape index (κ1) is 13.2. The van der Waals surface area contributed by atoms with E-state index in [1.807, 2.05) is 0 Å². The maximum atomic E-state index is 12.9. The number of likely N-dealkylation sites (tertiary alicyclic amines) is 1. The lowest BCUT2D eigenvalue weighted by Gasteiger charge is -2.40. The number of nitrogens with zero attached hydrogens (tertiary/aromatic N) is 1. The van der Waals surface area contributed by atoms with Crippen molar-refractivity contribution in [1.82, 2.24) is 10.2 Å². The Morgan fingerprint density at radius 3 is 2.28 bits per heavy atom. The molecule has 6 heteroatoms. The highest BCUT2D eigenvalue weighted by Crippen LogP contribution is 2.36. The number of carbonyl (C=O) groups excluding carboxylic acids is 2. The number of halogens is 2. The lowest BCUT2D eigenvalue weighted by atomic mass is 9.86. The van der Waals surface area contributed by atoms with Gasteiger partial charge in [0.2, 0.25) is 17.7 Å². The first-order valence-electron chi connectivity index (χ1n) is 6.31. The first-order valence-corrected chi connectivity index (χ1v) is 6.31. The van der Waals surface area contributed by atoms with E-state index < -0.39 is 5.92 Å². The molecule has 4 nitrogen and oxygen atoms in total. The van der Waals surface area contributed by atoms with Crippen molar-refractivity contribution in [2.24, 2.45) is 5.92 Å². The summed E-state index contributed by atoms with van der Waals surface area (Å²) >= 11 is 0. The normalized spacial score (nSPS) is 24.5. The molecule has 2 aliphatic rings. The molecule has 0 aromatic rings. The average Bonchev–Trinajstić information content (AvgIpc) is 2.21. The Balaban J connectivity index is 1.72. The van der Waals surface area contributed by atoms with Crippen LogP contribution < -0.4 is 5.32 Å². The molecule has 0 spiro atoms. The van der Waals surface area contributed by atoms with Crippen LogP contribution in [0.25, 0.3) is 0 Å². The standard InChI is InChI=1S/C12H18F2N2O2/c1-8(17)16-6-10(7-16)15-11(18)9-2-4-12(13,14)5-3-9/h9-10H,2-7H2,1H3,(H,15,18). The highest BCUT2D eigenvalue weighted by molar-refractivity contribution is 5.80. The SMILES string of the molecule is CC(=O)N1CC(NC(=O)C2CCC(F)(F)CC2)C1. The zero-order valence-electron chi connectivity index (χ0n) is 10.4. The molecule has 1 aliphatic heterocycles. The summed E-state index contributed by atoms with van der Waals surface area (Å²) in [5.74, 6) is -3.04. The highest BCUT2D eigenvalue weighted by atomic mass is 19.3. The number of nitrogens with one attached hydrogen (secondary N) is 1. The molecule has 1 heterocycles. The van der Waals surface area contributed by atoms with Crippen LogP contribution in [-0.4, -0.2) is 41.8 Å². The predicted molar refractivity (Wildman–Crippen MR) is 61.1 cm³/mol.